The predicted molar refractivity (Wildman–Crippen MR) is 50.4 cm³/mol. The number of rotatable bonds is 4. The number of carbonyl (C=O) groups is 1. The number of nitrogens with zero attached hydrogens (tertiary/aromatic N) is 1. The van der Waals surface area contributed by atoms with Crippen LogP contribution in [-0.2, 0) is 9.53 Å². The molecule has 0 aliphatic heterocycles. The van der Waals surface area contributed by atoms with Crippen LogP contribution >= 0.6 is 0 Å². The number of aliphatic hydroxyl groups excluding tert-OH is 1. The Hall–Kier alpha value is -1.42. The molecule has 14 heavy (non-hydrogen) atoms. The summed E-state index contributed by atoms with van der Waals surface area (Å²) in [4.78, 5) is 14.6. The fourth-order valence-electron chi connectivity index (χ4n) is 0.956. The van der Waals surface area contributed by atoms with E-state index in [0.717, 1.165) is 0 Å². The minimum Gasteiger partial charge on any atom is -0.463 e. The van der Waals surface area contributed by atoms with Gasteiger partial charge < -0.3 is 9.84 Å². The Morgan fingerprint density at radius 2 is 2.21 bits per heavy atom. The number of hydrogen-bond acceptors (Lipinski definition) is 4. The molecule has 0 saturated carbocycles. The molecule has 0 aliphatic carbocycles. The normalized spacial score (nSPS) is 12.1. The van der Waals surface area contributed by atoms with Crippen LogP contribution in [0.3, 0.4) is 0 Å². The molecule has 1 aromatic rings. The molecule has 4 nitrogen and oxygen atoms in total. The zero-order valence-electron chi connectivity index (χ0n) is 8.01. The lowest BCUT2D eigenvalue weighted by molar-refractivity contribution is -0.146. The number of ether oxygens (including phenoxy) is 1. The van der Waals surface area contributed by atoms with Gasteiger partial charge in [-0.3, -0.25) is 9.78 Å². The molecule has 0 fully saturated rings. The van der Waals surface area contributed by atoms with E-state index in [1.165, 1.54) is 0 Å². The molecule has 1 aromatic heterocycles. The van der Waals surface area contributed by atoms with Crippen molar-refractivity contribution < 1.29 is 14.6 Å². The van der Waals surface area contributed by atoms with Crippen LogP contribution in [0.5, 0.6) is 0 Å². The summed E-state index contributed by atoms with van der Waals surface area (Å²) in [7, 11) is 0. The van der Waals surface area contributed by atoms with Gasteiger partial charge in [0.15, 0.2) is 0 Å². The maximum atomic E-state index is 10.8. The fourth-order valence-corrected chi connectivity index (χ4v) is 0.956. The summed E-state index contributed by atoms with van der Waals surface area (Å²) in [6, 6.07) is 3.37. The van der Waals surface area contributed by atoms with Crippen molar-refractivity contribution in [3.05, 3.63) is 30.1 Å². The van der Waals surface area contributed by atoms with Gasteiger partial charge in [0.1, 0.15) is 12.7 Å². The topological polar surface area (TPSA) is 59.4 Å². The molecule has 0 bridgehead atoms. The van der Waals surface area contributed by atoms with Crippen molar-refractivity contribution in [2.75, 3.05) is 6.61 Å². The summed E-state index contributed by atoms with van der Waals surface area (Å²) in [5, 5.41) is 9.56. The van der Waals surface area contributed by atoms with Gasteiger partial charge in [0.2, 0.25) is 0 Å². The second kappa shape index (κ2) is 5.34. The summed E-state index contributed by atoms with van der Waals surface area (Å²) < 4.78 is 4.80. The quantitative estimate of drug-likeness (QED) is 0.730. The van der Waals surface area contributed by atoms with Crippen molar-refractivity contribution >= 4 is 5.97 Å². The maximum absolute atomic E-state index is 10.8. The van der Waals surface area contributed by atoms with Gasteiger partial charge in [-0.25, -0.2) is 0 Å². The van der Waals surface area contributed by atoms with Crippen LogP contribution in [0.25, 0.3) is 0 Å². The van der Waals surface area contributed by atoms with E-state index in [2.05, 4.69) is 4.98 Å². The average Bonchev–Trinajstić information content (AvgIpc) is 2.26. The molecule has 0 amide bonds. The van der Waals surface area contributed by atoms with E-state index in [1.807, 2.05) is 0 Å². The summed E-state index contributed by atoms with van der Waals surface area (Å²) in [6.07, 6.45) is 2.72. The summed E-state index contributed by atoms with van der Waals surface area (Å²) in [5.41, 5.74) is 0.698. The highest BCUT2D eigenvalue weighted by atomic mass is 16.5. The first kappa shape index (κ1) is 10.7. The van der Waals surface area contributed by atoms with Gasteiger partial charge in [0, 0.05) is 18.8 Å². The third-order valence-corrected chi connectivity index (χ3v) is 1.78. The maximum Gasteiger partial charge on any atom is 0.305 e. The van der Waals surface area contributed by atoms with E-state index >= 15 is 0 Å². The highest BCUT2D eigenvalue weighted by molar-refractivity contribution is 5.68. The van der Waals surface area contributed by atoms with Crippen molar-refractivity contribution in [3.63, 3.8) is 0 Å². The third kappa shape index (κ3) is 3.14. The number of pyridine rings is 1. The van der Waals surface area contributed by atoms with E-state index in [-0.39, 0.29) is 12.6 Å². The van der Waals surface area contributed by atoms with Crippen LogP contribution in [0.1, 0.15) is 25.0 Å². The molecule has 1 rings (SSSR count). The molecule has 0 unspecified atom stereocenters. The lowest BCUT2D eigenvalue weighted by Crippen LogP contribution is -2.11. The highest BCUT2D eigenvalue weighted by Gasteiger charge is 2.09. The molecule has 1 N–H and O–H groups in total. The van der Waals surface area contributed by atoms with E-state index in [1.54, 1.807) is 31.5 Å². The molecule has 0 aliphatic rings. The van der Waals surface area contributed by atoms with Gasteiger partial charge >= 0.3 is 5.97 Å². The van der Waals surface area contributed by atoms with E-state index in [9.17, 15) is 9.90 Å². The number of hydrogen-bond donors (Lipinski definition) is 1. The van der Waals surface area contributed by atoms with E-state index < -0.39 is 6.10 Å². The number of aliphatic hydroxyl groups is 1. The van der Waals surface area contributed by atoms with Crippen molar-refractivity contribution in [2.45, 2.75) is 19.4 Å². The van der Waals surface area contributed by atoms with Crippen LogP contribution in [-0.4, -0.2) is 22.7 Å². The summed E-state index contributed by atoms with van der Waals surface area (Å²) in [6.45, 7) is 1.71. The van der Waals surface area contributed by atoms with Crippen LogP contribution in [0.15, 0.2) is 24.5 Å². The molecular weight excluding hydrogens is 182 g/mol. The second-order valence-electron chi connectivity index (χ2n) is 2.83. The van der Waals surface area contributed by atoms with Gasteiger partial charge in [-0.05, 0) is 17.7 Å². The lowest BCUT2D eigenvalue weighted by atomic mass is 10.2. The Balaban J connectivity index is 2.43. The van der Waals surface area contributed by atoms with E-state index in [4.69, 9.17) is 4.74 Å². The fraction of sp³-hybridized carbons (Fsp3) is 0.400. The van der Waals surface area contributed by atoms with Gasteiger partial charge in [-0.2, -0.15) is 0 Å². The van der Waals surface area contributed by atoms with Gasteiger partial charge in [0.05, 0.1) is 0 Å². The Bertz CT molecular complexity index is 287. The number of carbonyl (C=O) groups excluding carboxylic acids is 1. The van der Waals surface area contributed by atoms with Crippen molar-refractivity contribution in [1.29, 1.82) is 0 Å². The Kier molecular flexibility index (Phi) is 4.07. The number of aromatic nitrogens is 1. The number of esters is 1. The SMILES string of the molecule is CCC(=O)OC[C@@H](O)c1ccncc1. The largest absolute Gasteiger partial charge is 0.463 e. The Morgan fingerprint density at radius 1 is 1.57 bits per heavy atom. The molecule has 0 radical (unpaired) electrons. The first-order valence-corrected chi connectivity index (χ1v) is 4.47. The van der Waals surface area contributed by atoms with Crippen molar-refractivity contribution in [2.24, 2.45) is 0 Å². The first-order valence-electron chi connectivity index (χ1n) is 4.47. The van der Waals surface area contributed by atoms with Crippen LogP contribution in [0, 0.1) is 0 Å². The molecule has 0 saturated heterocycles. The highest BCUT2D eigenvalue weighted by Crippen LogP contribution is 2.11. The Morgan fingerprint density at radius 3 is 2.79 bits per heavy atom. The summed E-state index contributed by atoms with van der Waals surface area (Å²) >= 11 is 0. The van der Waals surface area contributed by atoms with Gasteiger partial charge in [-0.15, -0.1) is 0 Å². The molecular formula is C10H13NO3. The minimum absolute atomic E-state index is 0.00329. The van der Waals surface area contributed by atoms with Crippen molar-refractivity contribution in [3.8, 4) is 0 Å². The first-order chi connectivity index (χ1) is 6.74. The van der Waals surface area contributed by atoms with Crippen molar-refractivity contribution in [1.82, 2.24) is 4.98 Å². The zero-order valence-corrected chi connectivity index (χ0v) is 8.01. The average molecular weight is 195 g/mol. The molecule has 1 atom stereocenters. The van der Waals surface area contributed by atoms with Crippen LogP contribution in [0.2, 0.25) is 0 Å². The van der Waals surface area contributed by atoms with E-state index in [0.29, 0.717) is 12.0 Å². The molecule has 4 heteroatoms. The molecule has 1 heterocycles. The minimum atomic E-state index is -0.770. The van der Waals surface area contributed by atoms with Gasteiger partial charge in [0.25, 0.3) is 0 Å². The van der Waals surface area contributed by atoms with Gasteiger partial charge in [-0.1, -0.05) is 6.92 Å². The smallest absolute Gasteiger partial charge is 0.305 e. The second-order valence-corrected chi connectivity index (χ2v) is 2.83. The zero-order chi connectivity index (χ0) is 10.4. The van der Waals surface area contributed by atoms with Crippen LogP contribution < -0.4 is 0 Å². The third-order valence-electron chi connectivity index (χ3n) is 1.78. The molecule has 0 aromatic carbocycles. The van der Waals surface area contributed by atoms with Crippen LogP contribution in [0.4, 0.5) is 0 Å². The standard InChI is InChI=1S/C10H13NO3/c1-2-10(13)14-7-9(12)8-3-5-11-6-4-8/h3-6,9,12H,2,7H2,1H3/t9-/m1/s1. The molecule has 76 valence electrons. The Labute approximate surface area is 82.5 Å². The summed E-state index contributed by atoms with van der Waals surface area (Å²) in [5.74, 6) is -0.307. The monoisotopic (exact) mass is 195 g/mol. The molecule has 0 spiro atoms. The predicted octanol–water partition coefficient (Wildman–Crippen LogP) is 1.07. The lowest BCUT2D eigenvalue weighted by Gasteiger charge is -2.10.